The first-order valence-corrected chi connectivity index (χ1v) is 6.65. The molecule has 4 nitrogen and oxygen atoms in total. The van der Waals surface area contributed by atoms with Crippen molar-refractivity contribution in [2.75, 3.05) is 13.2 Å². The van der Waals surface area contributed by atoms with E-state index in [1.165, 1.54) is 12.2 Å². The molecule has 0 rings (SSSR count). The molecule has 4 heteroatoms. The van der Waals surface area contributed by atoms with Crippen LogP contribution in [-0.4, -0.2) is 25.2 Å². The van der Waals surface area contributed by atoms with Gasteiger partial charge in [-0.05, 0) is 12.8 Å². The molecule has 0 spiro atoms. The number of unbranched alkanes of at least 4 members (excludes halogenated alkanes) is 1. The summed E-state index contributed by atoms with van der Waals surface area (Å²) in [7, 11) is 0. The van der Waals surface area contributed by atoms with E-state index in [-0.39, 0.29) is 13.2 Å². The van der Waals surface area contributed by atoms with Crippen molar-refractivity contribution in [3.63, 3.8) is 0 Å². The summed E-state index contributed by atoms with van der Waals surface area (Å²) in [5.41, 5.74) is -1.21. The number of hydrogen-bond donors (Lipinski definition) is 0. The molecule has 0 fully saturated rings. The molecule has 0 bridgehead atoms. The number of ether oxygens (including phenoxy) is 2. The molecule has 0 aromatic rings. The molecular weight excluding hydrogens is 244 g/mol. The Balaban J connectivity index is 5.04. The predicted molar refractivity (Wildman–Crippen MR) is 74.6 cm³/mol. The third-order valence-electron chi connectivity index (χ3n) is 3.01. The maximum atomic E-state index is 12.2. The fourth-order valence-electron chi connectivity index (χ4n) is 1.78. The molecule has 108 valence electrons. The quantitative estimate of drug-likeness (QED) is 0.347. The van der Waals surface area contributed by atoms with E-state index in [9.17, 15) is 9.59 Å². The van der Waals surface area contributed by atoms with Crippen LogP contribution in [0.4, 0.5) is 0 Å². The first-order valence-electron chi connectivity index (χ1n) is 6.65. The highest BCUT2D eigenvalue weighted by molar-refractivity contribution is 6.00. The molecule has 0 saturated carbocycles. The van der Waals surface area contributed by atoms with Crippen LogP contribution in [-0.2, 0) is 19.1 Å². The van der Waals surface area contributed by atoms with Gasteiger partial charge in [0, 0.05) is 0 Å². The average molecular weight is 268 g/mol. The van der Waals surface area contributed by atoms with Crippen molar-refractivity contribution < 1.29 is 19.1 Å². The highest BCUT2D eigenvalue weighted by Crippen LogP contribution is 2.32. The lowest BCUT2D eigenvalue weighted by molar-refractivity contribution is -0.172. The molecule has 0 unspecified atom stereocenters. The van der Waals surface area contributed by atoms with Crippen LogP contribution in [0.2, 0.25) is 0 Å². The molecule has 0 aliphatic carbocycles. The zero-order valence-electron chi connectivity index (χ0n) is 11.9. The van der Waals surface area contributed by atoms with Gasteiger partial charge in [0.25, 0.3) is 0 Å². The van der Waals surface area contributed by atoms with Gasteiger partial charge in [-0.15, -0.1) is 0 Å². The Bertz CT molecular complexity index is 296. The van der Waals surface area contributed by atoms with Gasteiger partial charge >= 0.3 is 11.9 Å². The summed E-state index contributed by atoms with van der Waals surface area (Å²) >= 11 is 0. The molecule has 0 heterocycles. The number of hydrogen-bond acceptors (Lipinski definition) is 4. The Morgan fingerprint density at radius 1 is 1.05 bits per heavy atom. The van der Waals surface area contributed by atoms with E-state index in [0.717, 1.165) is 12.8 Å². The second kappa shape index (κ2) is 9.36. The van der Waals surface area contributed by atoms with Crippen LogP contribution < -0.4 is 0 Å². The van der Waals surface area contributed by atoms with E-state index in [1.54, 1.807) is 6.92 Å². The van der Waals surface area contributed by atoms with Gasteiger partial charge in [-0.25, -0.2) is 0 Å². The minimum absolute atomic E-state index is 0.0987. The highest BCUT2D eigenvalue weighted by atomic mass is 16.6. The third-order valence-corrected chi connectivity index (χ3v) is 3.01. The summed E-state index contributed by atoms with van der Waals surface area (Å²) < 4.78 is 10.1. The van der Waals surface area contributed by atoms with Gasteiger partial charge in [0.2, 0.25) is 0 Å². The van der Waals surface area contributed by atoms with E-state index in [1.807, 2.05) is 6.92 Å². The first kappa shape index (κ1) is 17.4. The van der Waals surface area contributed by atoms with Gasteiger partial charge in [-0.2, -0.15) is 0 Å². The molecule has 0 aliphatic heterocycles. The van der Waals surface area contributed by atoms with Crippen LogP contribution in [0.1, 0.15) is 39.5 Å². The second-order valence-corrected chi connectivity index (χ2v) is 4.31. The van der Waals surface area contributed by atoms with E-state index < -0.39 is 17.4 Å². The number of rotatable bonds is 10. The predicted octanol–water partition coefficient (Wildman–Crippen LogP) is 3.03. The Morgan fingerprint density at radius 3 is 1.84 bits per heavy atom. The first-order chi connectivity index (χ1) is 9.08. The Morgan fingerprint density at radius 2 is 1.53 bits per heavy atom. The van der Waals surface area contributed by atoms with Crippen molar-refractivity contribution in [1.82, 2.24) is 0 Å². The summed E-state index contributed by atoms with van der Waals surface area (Å²) in [6, 6.07) is 0. The largest absolute Gasteiger partial charge is 0.461 e. The Hall–Kier alpha value is -1.58. The zero-order valence-corrected chi connectivity index (χ0v) is 11.9. The highest BCUT2D eigenvalue weighted by Gasteiger charge is 2.46. The van der Waals surface area contributed by atoms with Crippen LogP contribution in [0.5, 0.6) is 0 Å². The van der Waals surface area contributed by atoms with Crippen molar-refractivity contribution in [1.29, 1.82) is 0 Å². The molecule has 0 aromatic heterocycles. The fourth-order valence-corrected chi connectivity index (χ4v) is 1.78. The normalized spacial score (nSPS) is 10.6. The molecule has 0 saturated heterocycles. The summed E-state index contributed by atoms with van der Waals surface area (Å²) in [5, 5.41) is 0. The lowest BCUT2D eigenvalue weighted by atomic mass is 9.80. The van der Waals surface area contributed by atoms with Crippen LogP contribution in [0.15, 0.2) is 25.3 Å². The summed E-state index contributed by atoms with van der Waals surface area (Å²) in [6.07, 6.45) is 5.41. The zero-order chi connectivity index (χ0) is 14.7. The van der Waals surface area contributed by atoms with E-state index in [4.69, 9.17) is 9.47 Å². The molecule has 0 aliphatic rings. The molecule has 0 N–H and O–H groups in total. The number of esters is 2. The van der Waals surface area contributed by atoms with E-state index in [0.29, 0.717) is 12.8 Å². The van der Waals surface area contributed by atoms with Crippen LogP contribution >= 0.6 is 0 Å². The minimum Gasteiger partial charge on any atom is -0.461 e. The third kappa shape index (κ3) is 4.89. The lowest BCUT2D eigenvalue weighted by Crippen LogP contribution is -2.41. The second-order valence-electron chi connectivity index (χ2n) is 4.31. The van der Waals surface area contributed by atoms with Crippen molar-refractivity contribution in [2.45, 2.75) is 39.5 Å². The maximum absolute atomic E-state index is 12.2. The van der Waals surface area contributed by atoms with E-state index in [2.05, 4.69) is 13.2 Å². The molecule has 0 aromatic carbocycles. The van der Waals surface area contributed by atoms with Gasteiger partial charge in [-0.1, -0.05) is 52.0 Å². The van der Waals surface area contributed by atoms with Crippen molar-refractivity contribution in [3.05, 3.63) is 25.3 Å². The van der Waals surface area contributed by atoms with Crippen molar-refractivity contribution >= 4 is 11.9 Å². The van der Waals surface area contributed by atoms with Crippen molar-refractivity contribution in [3.8, 4) is 0 Å². The average Bonchev–Trinajstić information content (AvgIpc) is 2.43. The van der Waals surface area contributed by atoms with E-state index >= 15 is 0 Å². The standard InChI is InChI=1S/C15H24O4/c1-5-9-10-15(8-4,13(16)18-11-6-2)14(17)19-12-7-3/h6-7H,2-3,5,8-12H2,1,4H3. The number of carbonyl (C=O) groups excluding carboxylic acids is 2. The summed E-state index contributed by atoms with van der Waals surface area (Å²) in [4.78, 5) is 24.3. The fraction of sp³-hybridized carbons (Fsp3) is 0.600. The molecular formula is C15H24O4. The monoisotopic (exact) mass is 268 g/mol. The summed E-state index contributed by atoms with van der Waals surface area (Å²) in [5.74, 6) is -1.06. The van der Waals surface area contributed by atoms with Gasteiger partial charge in [0.05, 0.1) is 0 Å². The number of carbonyl (C=O) groups is 2. The van der Waals surface area contributed by atoms with Crippen LogP contribution in [0.3, 0.4) is 0 Å². The molecule has 0 amide bonds. The molecule has 19 heavy (non-hydrogen) atoms. The van der Waals surface area contributed by atoms with Gasteiger partial charge < -0.3 is 9.47 Å². The molecule has 0 radical (unpaired) electrons. The maximum Gasteiger partial charge on any atom is 0.323 e. The minimum atomic E-state index is -1.21. The summed E-state index contributed by atoms with van der Waals surface area (Å²) in [6.45, 7) is 11.0. The topological polar surface area (TPSA) is 52.6 Å². The Kier molecular flexibility index (Phi) is 8.58. The van der Waals surface area contributed by atoms with Crippen LogP contribution in [0, 0.1) is 5.41 Å². The van der Waals surface area contributed by atoms with Crippen LogP contribution in [0.25, 0.3) is 0 Å². The Labute approximate surface area is 115 Å². The lowest BCUT2D eigenvalue weighted by Gasteiger charge is -2.27. The smallest absolute Gasteiger partial charge is 0.323 e. The van der Waals surface area contributed by atoms with Crippen molar-refractivity contribution in [2.24, 2.45) is 5.41 Å². The van der Waals surface area contributed by atoms with Gasteiger partial charge in [0.1, 0.15) is 13.2 Å². The van der Waals surface area contributed by atoms with Gasteiger partial charge in [0.15, 0.2) is 5.41 Å². The van der Waals surface area contributed by atoms with Gasteiger partial charge in [-0.3, -0.25) is 9.59 Å². The molecule has 0 atom stereocenters. The SMILES string of the molecule is C=CCOC(=O)C(CC)(CCCC)C(=O)OCC=C.